The number of hydrogen-bond acceptors (Lipinski definition) is 3. The summed E-state index contributed by atoms with van der Waals surface area (Å²) >= 11 is 0. The van der Waals surface area contributed by atoms with Gasteiger partial charge in [0.15, 0.2) is 0 Å². The van der Waals surface area contributed by atoms with E-state index in [0.29, 0.717) is 24.4 Å². The minimum absolute atomic E-state index is 0.00609. The van der Waals surface area contributed by atoms with Crippen LogP contribution < -0.4 is 10.1 Å². The quantitative estimate of drug-likeness (QED) is 0.390. The van der Waals surface area contributed by atoms with Crippen molar-refractivity contribution < 1.29 is 18.3 Å². The maximum absolute atomic E-state index is 14.0. The Morgan fingerprint density at radius 2 is 1.95 bits per heavy atom. The minimum atomic E-state index is -2.55. The number of aromatic nitrogens is 1. The topological polar surface area (TPSA) is 57.4 Å². The number of aryl methyl sites for hydroxylation is 1. The zero-order valence-electron chi connectivity index (χ0n) is 21.6. The highest BCUT2D eigenvalue weighted by atomic mass is 19.3. The van der Waals surface area contributed by atoms with Crippen LogP contribution >= 0.6 is 0 Å². The summed E-state index contributed by atoms with van der Waals surface area (Å²) in [4.78, 5) is 18.3. The predicted molar refractivity (Wildman–Crippen MR) is 140 cm³/mol. The van der Waals surface area contributed by atoms with Crippen LogP contribution in [0.2, 0.25) is 0 Å². The fraction of sp³-hybridized carbons (Fsp3) is 0.500. The van der Waals surface area contributed by atoms with Gasteiger partial charge in [-0.05, 0) is 85.9 Å². The van der Waals surface area contributed by atoms with Gasteiger partial charge in [-0.2, -0.15) is 0 Å². The van der Waals surface area contributed by atoms with E-state index < -0.39 is 5.92 Å². The third-order valence-corrected chi connectivity index (χ3v) is 8.76. The molecule has 7 heteroatoms. The molecule has 1 aliphatic heterocycles. The summed E-state index contributed by atoms with van der Waals surface area (Å²) < 4.78 is 33.8. The van der Waals surface area contributed by atoms with Crippen molar-refractivity contribution in [1.82, 2.24) is 15.2 Å². The SMILES string of the molecule is COc1cc(C)c2[nH]ccc2c1CN1CCC2(C[C@H]1c1ccc(C(=O)NCC3CC3)cc1)CC(F)(F)C2. The summed E-state index contributed by atoms with van der Waals surface area (Å²) in [5.74, 6) is -1.12. The van der Waals surface area contributed by atoms with Crippen molar-refractivity contribution in [3.05, 3.63) is 64.8 Å². The average Bonchev–Trinajstić information content (AvgIpc) is 3.57. The number of hydrogen-bond donors (Lipinski definition) is 2. The van der Waals surface area contributed by atoms with E-state index >= 15 is 0 Å². The molecule has 2 aliphatic carbocycles. The largest absolute Gasteiger partial charge is 0.496 e. The van der Waals surface area contributed by atoms with Gasteiger partial charge in [0.25, 0.3) is 5.91 Å². The number of alkyl halides is 2. The van der Waals surface area contributed by atoms with Crippen LogP contribution in [0.5, 0.6) is 5.75 Å². The molecule has 3 aliphatic rings. The number of H-pyrrole nitrogens is 1. The minimum Gasteiger partial charge on any atom is -0.496 e. The Morgan fingerprint density at radius 1 is 1.19 bits per heavy atom. The molecule has 2 heterocycles. The molecule has 1 aromatic heterocycles. The molecule has 1 atom stereocenters. The Morgan fingerprint density at radius 3 is 2.62 bits per heavy atom. The van der Waals surface area contributed by atoms with Gasteiger partial charge in [-0.15, -0.1) is 0 Å². The molecule has 0 radical (unpaired) electrons. The molecule has 1 spiro atoms. The van der Waals surface area contributed by atoms with Crippen molar-refractivity contribution in [2.24, 2.45) is 11.3 Å². The van der Waals surface area contributed by atoms with Gasteiger partial charge in [-0.25, -0.2) is 8.78 Å². The number of piperidine rings is 1. The molecule has 6 rings (SSSR count). The number of ether oxygens (including phenoxy) is 1. The predicted octanol–water partition coefficient (Wildman–Crippen LogP) is 6.38. The van der Waals surface area contributed by atoms with Gasteiger partial charge in [0.2, 0.25) is 5.92 Å². The maximum Gasteiger partial charge on any atom is 0.251 e. The normalized spacial score (nSPS) is 22.6. The van der Waals surface area contributed by atoms with Crippen molar-refractivity contribution in [3.63, 3.8) is 0 Å². The number of rotatable bonds is 7. The van der Waals surface area contributed by atoms with Crippen LogP contribution in [0.4, 0.5) is 8.78 Å². The van der Waals surface area contributed by atoms with E-state index in [0.717, 1.165) is 52.9 Å². The van der Waals surface area contributed by atoms with Gasteiger partial charge < -0.3 is 15.0 Å². The molecule has 1 amide bonds. The summed E-state index contributed by atoms with van der Waals surface area (Å²) in [5, 5.41) is 4.16. The van der Waals surface area contributed by atoms with Crippen LogP contribution in [-0.2, 0) is 6.54 Å². The Balaban J connectivity index is 1.28. The third-order valence-electron chi connectivity index (χ3n) is 8.76. The summed E-state index contributed by atoms with van der Waals surface area (Å²) in [6, 6.07) is 11.9. The van der Waals surface area contributed by atoms with Gasteiger partial charge in [0.1, 0.15) is 5.75 Å². The second-order valence-electron chi connectivity index (χ2n) is 11.6. The first kappa shape index (κ1) is 24.4. The summed E-state index contributed by atoms with van der Waals surface area (Å²) in [5.41, 5.74) is 4.74. The maximum atomic E-state index is 14.0. The molecule has 2 N–H and O–H groups in total. The summed E-state index contributed by atoms with van der Waals surface area (Å²) in [6.45, 7) is 4.21. The molecule has 3 fully saturated rings. The third kappa shape index (κ3) is 4.74. The molecule has 5 nitrogen and oxygen atoms in total. The van der Waals surface area contributed by atoms with Crippen LogP contribution in [0.3, 0.4) is 0 Å². The molecule has 2 saturated carbocycles. The highest BCUT2D eigenvalue weighted by Gasteiger charge is 2.58. The fourth-order valence-corrected chi connectivity index (χ4v) is 6.56. The van der Waals surface area contributed by atoms with Crippen LogP contribution in [0.25, 0.3) is 10.9 Å². The van der Waals surface area contributed by atoms with E-state index in [2.05, 4.69) is 34.3 Å². The Bertz CT molecular complexity index is 1300. The lowest BCUT2D eigenvalue weighted by Gasteiger charge is -2.54. The number of carbonyl (C=O) groups is 1. The number of likely N-dealkylation sites (tertiary alicyclic amines) is 1. The van der Waals surface area contributed by atoms with Crippen molar-refractivity contribution >= 4 is 16.8 Å². The standard InChI is InChI=1S/C30H35F2N3O2/c1-19-13-26(37-2)24(23-9-11-33-27(19)23)16-35-12-10-29(17-30(31,32)18-29)14-25(35)21-5-7-22(8-6-21)28(36)34-15-20-3-4-20/h5-9,11,13,20,25,33H,3-4,10,12,14-18H2,1-2H3,(H,34,36)/t25-/m0/s1. The van der Waals surface area contributed by atoms with Gasteiger partial charge in [0, 0.05) is 60.2 Å². The molecule has 1 saturated heterocycles. The fourth-order valence-electron chi connectivity index (χ4n) is 6.56. The van der Waals surface area contributed by atoms with E-state index in [1.54, 1.807) is 7.11 Å². The number of benzene rings is 2. The Kier molecular flexibility index (Phi) is 6.02. The molecule has 2 aromatic carbocycles. The van der Waals surface area contributed by atoms with Crippen LogP contribution in [-0.4, -0.2) is 41.9 Å². The number of carbonyl (C=O) groups excluding carboxylic acids is 1. The molecule has 3 aromatic rings. The number of nitrogens with one attached hydrogen (secondary N) is 2. The second kappa shape index (κ2) is 9.12. The van der Waals surface area contributed by atoms with Crippen molar-refractivity contribution in [3.8, 4) is 5.75 Å². The van der Waals surface area contributed by atoms with E-state index in [4.69, 9.17) is 4.74 Å². The smallest absolute Gasteiger partial charge is 0.251 e. The lowest BCUT2D eigenvalue weighted by Crippen LogP contribution is -2.53. The van der Waals surface area contributed by atoms with Crippen LogP contribution in [0.1, 0.15) is 71.6 Å². The van der Waals surface area contributed by atoms with Crippen molar-refractivity contribution in [2.75, 3.05) is 20.2 Å². The lowest BCUT2D eigenvalue weighted by atomic mass is 9.59. The molecular formula is C30H35F2N3O2. The first-order chi connectivity index (χ1) is 17.8. The number of methoxy groups -OCH3 is 1. The Labute approximate surface area is 216 Å². The monoisotopic (exact) mass is 507 g/mol. The van der Waals surface area contributed by atoms with Crippen molar-refractivity contribution in [1.29, 1.82) is 0 Å². The van der Waals surface area contributed by atoms with Gasteiger partial charge in [-0.1, -0.05) is 12.1 Å². The average molecular weight is 508 g/mol. The van der Waals surface area contributed by atoms with E-state index in [1.807, 2.05) is 30.5 Å². The van der Waals surface area contributed by atoms with Crippen LogP contribution in [0.15, 0.2) is 42.6 Å². The van der Waals surface area contributed by atoms with E-state index in [1.165, 1.54) is 12.8 Å². The summed E-state index contributed by atoms with van der Waals surface area (Å²) in [6.07, 6.45) is 5.75. The zero-order chi connectivity index (χ0) is 25.8. The van der Waals surface area contributed by atoms with Crippen molar-refractivity contribution in [2.45, 2.75) is 64.0 Å². The molecule has 37 heavy (non-hydrogen) atoms. The second-order valence-corrected chi connectivity index (χ2v) is 11.6. The first-order valence-electron chi connectivity index (χ1n) is 13.4. The lowest BCUT2D eigenvalue weighted by molar-refractivity contribution is -0.186. The summed E-state index contributed by atoms with van der Waals surface area (Å²) in [7, 11) is 1.70. The molecule has 0 bridgehead atoms. The van der Waals surface area contributed by atoms with Gasteiger partial charge in [-0.3, -0.25) is 9.69 Å². The number of nitrogens with zero attached hydrogens (tertiary/aromatic N) is 1. The van der Waals surface area contributed by atoms with E-state index in [-0.39, 0.29) is 30.2 Å². The zero-order valence-corrected chi connectivity index (χ0v) is 21.6. The number of aromatic amines is 1. The number of halogens is 2. The highest BCUT2D eigenvalue weighted by molar-refractivity contribution is 5.94. The molecule has 0 unspecified atom stereocenters. The van der Waals surface area contributed by atoms with Crippen LogP contribution in [0, 0.1) is 18.3 Å². The highest BCUT2D eigenvalue weighted by Crippen LogP contribution is 2.60. The number of fused-ring (bicyclic) bond motifs is 1. The molecular weight excluding hydrogens is 472 g/mol. The first-order valence-corrected chi connectivity index (χ1v) is 13.4. The number of amides is 1. The van der Waals surface area contributed by atoms with Gasteiger partial charge >= 0.3 is 0 Å². The van der Waals surface area contributed by atoms with Gasteiger partial charge in [0.05, 0.1) is 7.11 Å². The molecule has 196 valence electrons. The Hall–Kier alpha value is -2.93. The van der Waals surface area contributed by atoms with E-state index in [9.17, 15) is 13.6 Å².